The van der Waals surface area contributed by atoms with Crippen molar-refractivity contribution in [1.82, 2.24) is 5.32 Å². The van der Waals surface area contributed by atoms with Crippen molar-refractivity contribution in [2.75, 3.05) is 19.8 Å². The Kier molecular flexibility index (Phi) is 5.14. The van der Waals surface area contributed by atoms with E-state index in [1.807, 2.05) is 0 Å². The molecule has 1 aromatic carbocycles. The molecule has 27 heavy (non-hydrogen) atoms. The fourth-order valence-corrected chi connectivity index (χ4v) is 3.03. The number of hydrogen-bond acceptors (Lipinski definition) is 6. The highest BCUT2D eigenvalue weighted by molar-refractivity contribution is 6.06. The molecule has 0 bridgehead atoms. The number of nitrogens with one attached hydrogen (secondary N) is 1. The van der Waals surface area contributed by atoms with E-state index in [1.54, 1.807) is 6.92 Å². The summed E-state index contributed by atoms with van der Waals surface area (Å²) in [7, 11) is 0. The molecule has 3 rings (SSSR count). The molecule has 2 aliphatic rings. The van der Waals surface area contributed by atoms with Crippen LogP contribution in [-0.2, 0) is 23.9 Å². The molecule has 0 radical (unpaired) electrons. The first-order chi connectivity index (χ1) is 12.8. The molecule has 2 aliphatic heterocycles. The maximum atomic E-state index is 13.4. The number of rotatable bonds is 5. The van der Waals surface area contributed by atoms with Crippen molar-refractivity contribution >= 4 is 17.6 Å². The Bertz CT molecular complexity index is 772. The van der Waals surface area contributed by atoms with Crippen molar-refractivity contribution in [3.8, 4) is 0 Å². The molecule has 0 aliphatic carbocycles. The molecule has 146 valence electrons. The number of amides is 1. The minimum atomic E-state index is -1.43. The summed E-state index contributed by atoms with van der Waals surface area (Å²) >= 11 is 0. The van der Waals surface area contributed by atoms with Crippen LogP contribution in [0.25, 0.3) is 0 Å². The lowest BCUT2D eigenvalue weighted by atomic mass is 9.92. The van der Waals surface area contributed by atoms with Gasteiger partial charge in [-0.25, -0.2) is 13.6 Å². The van der Waals surface area contributed by atoms with Crippen molar-refractivity contribution in [3.05, 3.63) is 35.4 Å². The Morgan fingerprint density at radius 2 is 2.00 bits per heavy atom. The number of ether oxygens (including phenoxy) is 2. The smallest absolute Gasteiger partial charge is 0.334 e. The Labute approximate surface area is 154 Å². The molecule has 1 saturated heterocycles. The monoisotopic (exact) mass is 382 g/mol. The van der Waals surface area contributed by atoms with Gasteiger partial charge in [-0.2, -0.15) is 0 Å². The van der Waals surface area contributed by atoms with E-state index in [4.69, 9.17) is 14.3 Å². The summed E-state index contributed by atoms with van der Waals surface area (Å²) in [4.78, 5) is 30.4. The van der Waals surface area contributed by atoms with Gasteiger partial charge in [-0.15, -0.1) is 0 Å². The van der Waals surface area contributed by atoms with E-state index in [0.717, 1.165) is 18.2 Å². The van der Waals surface area contributed by atoms with Gasteiger partial charge in [0.15, 0.2) is 5.54 Å². The first kappa shape index (κ1) is 19.2. The second-order valence-corrected chi connectivity index (χ2v) is 6.75. The summed E-state index contributed by atoms with van der Waals surface area (Å²) in [6.45, 7) is 3.63. The van der Waals surface area contributed by atoms with E-state index in [0.29, 0.717) is 6.61 Å². The average Bonchev–Trinajstić information content (AvgIpc) is 3.23. The fourth-order valence-electron chi connectivity index (χ4n) is 3.03. The highest BCUT2D eigenvalue weighted by atomic mass is 19.1. The SMILES string of the molecule is CCOC(=O)C1(NC(=O)C2(C)CC(c3cc(F)cc(F)c3)=NO2)CCOC1. The molecule has 9 heteroatoms. The topological polar surface area (TPSA) is 86.2 Å². The Balaban J connectivity index is 1.74. The molecule has 1 aromatic rings. The largest absolute Gasteiger partial charge is 0.464 e. The lowest BCUT2D eigenvalue weighted by Crippen LogP contribution is -2.60. The molecule has 2 atom stereocenters. The summed E-state index contributed by atoms with van der Waals surface area (Å²) < 4.78 is 37.2. The fraction of sp³-hybridized carbons (Fsp3) is 0.500. The van der Waals surface area contributed by atoms with Gasteiger partial charge in [0, 0.05) is 31.1 Å². The molecule has 0 saturated carbocycles. The lowest BCUT2D eigenvalue weighted by molar-refractivity contribution is -0.157. The molecule has 2 heterocycles. The van der Waals surface area contributed by atoms with Crippen LogP contribution in [0.5, 0.6) is 0 Å². The highest BCUT2D eigenvalue weighted by Gasteiger charge is 2.50. The standard InChI is InChI=1S/C18H20F2N2O5/c1-3-26-16(24)18(4-5-25-10-18)21-15(23)17(2)9-14(22-27-17)11-6-12(19)8-13(20)7-11/h6-8H,3-5,9-10H2,1-2H3,(H,21,23). The van der Waals surface area contributed by atoms with Crippen molar-refractivity contribution in [2.24, 2.45) is 5.16 Å². The summed E-state index contributed by atoms with van der Waals surface area (Å²) in [5.41, 5.74) is -2.29. The average molecular weight is 382 g/mol. The lowest BCUT2D eigenvalue weighted by Gasteiger charge is -2.30. The van der Waals surface area contributed by atoms with Crippen LogP contribution in [0, 0.1) is 11.6 Å². The zero-order chi connectivity index (χ0) is 19.7. The molecule has 1 amide bonds. The van der Waals surface area contributed by atoms with Crippen LogP contribution in [0.1, 0.15) is 32.3 Å². The van der Waals surface area contributed by atoms with E-state index >= 15 is 0 Å². The summed E-state index contributed by atoms with van der Waals surface area (Å²) in [5.74, 6) is -2.67. The van der Waals surface area contributed by atoms with Crippen LogP contribution >= 0.6 is 0 Å². The molecule has 1 N–H and O–H groups in total. The number of esters is 1. The van der Waals surface area contributed by atoms with Gasteiger partial charge in [-0.05, 0) is 26.0 Å². The maximum Gasteiger partial charge on any atom is 0.334 e. The summed E-state index contributed by atoms with van der Waals surface area (Å²) in [6.07, 6.45) is 0.262. The first-order valence-corrected chi connectivity index (χ1v) is 8.57. The zero-order valence-electron chi connectivity index (χ0n) is 15.0. The minimum absolute atomic E-state index is 0.00350. The normalized spacial score (nSPS) is 27.0. The number of carbonyl (C=O) groups is 2. The van der Waals surface area contributed by atoms with Gasteiger partial charge in [0.25, 0.3) is 5.91 Å². The Hall–Kier alpha value is -2.55. The predicted molar refractivity (Wildman–Crippen MR) is 89.9 cm³/mol. The van der Waals surface area contributed by atoms with Gasteiger partial charge >= 0.3 is 5.97 Å². The predicted octanol–water partition coefficient (Wildman–Crippen LogP) is 1.69. The molecular formula is C18H20F2N2O5. The quantitative estimate of drug-likeness (QED) is 0.784. The number of benzene rings is 1. The highest BCUT2D eigenvalue weighted by Crippen LogP contribution is 2.30. The van der Waals surface area contributed by atoms with Crippen molar-refractivity contribution in [2.45, 2.75) is 37.8 Å². The van der Waals surface area contributed by atoms with Crippen LogP contribution in [0.15, 0.2) is 23.4 Å². The van der Waals surface area contributed by atoms with Gasteiger partial charge in [0.1, 0.15) is 11.6 Å². The van der Waals surface area contributed by atoms with Crippen LogP contribution in [0.4, 0.5) is 8.78 Å². The van der Waals surface area contributed by atoms with Gasteiger partial charge in [0.05, 0.1) is 18.9 Å². The first-order valence-electron chi connectivity index (χ1n) is 8.57. The minimum Gasteiger partial charge on any atom is -0.464 e. The van der Waals surface area contributed by atoms with E-state index < -0.39 is 34.7 Å². The van der Waals surface area contributed by atoms with Gasteiger partial charge < -0.3 is 19.6 Å². The number of nitrogens with zero attached hydrogens (tertiary/aromatic N) is 1. The van der Waals surface area contributed by atoms with Gasteiger partial charge in [0.2, 0.25) is 5.60 Å². The Morgan fingerprint density at radius 3 is 2.59 bits per heavy atom. The van der Waals surface area contributed by atoms with Crippen LogP contribution in [-0.4, -0.2) is 48.5 Å². The number of oxime groups is 1. The number of carbonyl (C=O) groups excluding carboxylic acids is 2. The molecular weight excluding hydrogens is 362 g/mol. The van der Waals surface area contributed by atoms with Crippen molar-refractivity contribution in [3.63, 3.8) is 0 Å². The van der Waals surface area contributed by atoms with Crippen molar-refractivity contribution < 1.29 is 32.7 Å². The van der Waals surface area contributed by atoms with Gasteiger partial charge in [-0.1, -0.05) is 5.16 Å². The third-order valence-electron chi connectivity index (χ3n) is 4.58. The number of halogens is 2. The van der Waals surface area contributed by atoms with Gasteiger partial charge in [-0.3, -0.25) is 4.79 Å². The van der Waals surface area contributed by atoms with Crippen LogP contribution in [0.3, 0.4) is 0 Å². The Morgan fingerprint density at radius 1 is 1.30 bits per heavy atom. The molecule has 7 nitrogen and oxygen atoms in total. The second-order valence-electron chi connectivity index (χ2n) is 6.75. The van der Waals surface area contributed by atoms with E-state index in [9.17, 15) is 18.4 Å². The van der Waals surface area contributed by atoms with Crippen LogP contribution < -0.4 is 5.32 Å². The molecule has 0 aromatic heterocycles. The molecule has 2 unspecified atom stereocenters. The summed E-state index contributed by atoms with van der Waals surface area (Å²) in [6, 6.07) is 2.97. The maximum absolute atomic E-state index is 13.4. The third-order valence-corrected chi connectivity index (χ3v) is 4.58. The van der Waals surface area contributed by atoms with Crippen LogP contribution in [0.2, 0.25) is 0 Å². The van der Waals surface area contributed by atoms with Crippen molar-refractivity contribution in [1.29, 1.82) is 0 Å². The number of hydrogen-bond donors (Lipinski definition) is 1. The van der Waals surface area contributed by atoms with E-state index in [-0.39, 0.29) is 37.3 Å². The zero-order valence-corrected chi connectivity index (χ0v) is 15.0. The molecule has 1 fully saturated rings. The second kappa shape index (κ2) is 7.22. The van der Waals surface area contributed by atoms with E-state index in [2.05, 4.69) is 10.5 Å². The van der Waals surface area contributed by atoms with E-state index in [1.165, 1.54) is 6.92 Å². The summed E-state index contributed by atoms with van der Waals surface area (Å²) in [5, 5.41) is 6.49. The molecule has 0 spiro atoms. The third kappa shape index (κ3) is 3.78.